The van der Waals surface area contributed by atoms with Crippen LogP contribution in [-0.2, 0) is 13.5 Å². The van der Waals surface area contributed by atoms with Gasteiger partial charge in [0.2, 0.25) is 0 Å². The van der Waals surface area contributed by atoms with Crippen LogP contribution in [0.4, 0.5) is 13.2 Å². The van der Waals surface area contributed by atoms with Crippen molar-refractivity contribution in [3.63, 3.8) is 0 Å². The van der Waals surface area contributed by atoms with E-state index in [1.165, 1.54) is 10.9 Å². The third-order valence-corrected chi connectivity index (χ3v) is 2.51. The summed E-state index contributed by atoms with van der Waals surface area (Å²) in [7, 11) is 1.63. The van der Waals surface area contributed by atoms with Crippen molar-refractivity contribution in [3.05, 3.63) is 17.5 Å². The molecule has 1 aromatic heterocycles. The Balaban J connectivity index is 3.03. The molecule has 0 fully saturated rings. The largest absolute Gasteiger partial charge is 0.408 e. The highest BCUT2D eigenvalue weighted by Gasteiger charge is 2.42. The Bertz CT molecular complexity index is 357. The minimum absolute atomic E-state index is 0.232. The lowest BCUT2D eigenvalue weighted by Gasteiger charge is -2.21. The molecule has 0 saturated carbocycles. The minimum Gasteiger partial charge on any atom is -0.302 e. The average Bonchev–Trinajstić information content (AvgIpc) is 2.58. The standard InChI is InChI=1S/C11H18F3N3/c1-4-6-15-10(11(12,13)14)8-7-17(3)16-9(8)5-2/h7,10,15H,4-6H2,1-3H3. The van der Waals surface area contributed by atoms with Crippen molar-refractivity contribution in [2.45, 2.75) is 38.9 Å². The zero-order chi connectivity index (χ0) is 13.1. The molecule has 0 saturated heterocycles. The van der Waals surface area contributed by atoms with Crippen LogP contribution in [0.25, 0.3) is 0 Å². The Hall–Kier alpha value is -1.04. The first kappa shape index (κ1) is 14.0. The van der Waals surface area contributed by atoms with Crippen molar-refractivity contribution in [1.82, 2.24) is 15.1 Å². The van der Waals surface area contributed by atoms with Crippen molar-refractivity contribution in [2.75, 3.05) is 6.54 Å². The monoisotopic (exact) mass is 249 g/mol. The molecule has 0 spiro atoms. The zero-order valence-corrected chi connectivity index (χ0v) is 10.3. The number of halogens is 3. The molecular formula is C11H18F3N3. The van der Waals surface area contributed by atoms with Gasteiger partial charge in [0.05, 0.1) is 5.69 Å². The SMILES string of the molecule is CCCNC(c1cn(C)nc1CC)C(F)(F)F. The molecule has 1 heterocycles. The Labute approximate surface area is 99.0 Å². The quantitative estimate of drug-likeness (QED) is 0.869. The van der Waals surface area contributed by atoms with Crippen LogP contribution in [0.1, 0.15) is 37.6 Å². The van der Waals surface area contributed by atoms with E-state index < -0.39 is 12.2 Å². The fraction of sp³-hybridized carbons (Fsp3) is 0.727. The highest BCUT2D eigenvalue weighted by Crippen LogP contribution is 2.34. The molecule has 0 aliphatic heterocycles. The van der Waals surface area contributed by atoms with Gasteiger partial charge in [-0.1, -0.05) is 13.8 Å². The Kier molecular flexibility index (Phi) is 4.56. The molecule has 1 atom stereocenters. The summed E-state index contributed by atoms with van der Waals surface area (Å²) in [6, 6.07) is -1.62. The molecule has 17 heavy (non-hydrogen) atoms. The molecule has 1 rings (SSSR count). The number of alkyl halides is 3. The van der Waals surface area contributed by atoms with Crippen molar-refractivity contribution in [3.8, 4) is 0 Å². The normalized spacial score (nSPS) is 14.0. The first-order valence-electron chi connectivity index (χ1n) is 5.72. The van der Waals surface area contributed by atoms with E-state index in [0.29, 0.717) is 25.1 Å². The first-order valence-corrected chi connectivity index (χ1v) is 5.72. The highest BCUT2D eigenvalue weighted by molar-refractivity contribution is 5.23. The maximum atomic E-state index is 13.0. The predicted octanol–water partition coefficient (Wildman–Crippen LogP) is 2.59. The van der Waals surface area contributed by atoms with Gasteiger partial charge in [-0.3, -0.25) is 4.68 Å². The number of aromatic nitrogens is 2. The average molecular weight is 249 g/mol. The van der Waals surface area contributed by atoms with Gasteiger partial charge in [-0.2, -0.15) is 18.3 Å². The summed E-state index contributed by atoms with van der Waals surface area (Å²) in [6.07, 6.45) is -1.69. The van der Waals surface area contributed by atoms with Crippen molar-refractivity contribution in [1.29, 1.82) is 0 Å². The molecule has 0 bridgehead atoms. The first-order chi connectivity index (χ1) is 7.90. The second-order valence-corrected chi connectivity index (χ2v) is 3.99. The van der Waals surface area contributed by atoms with E-state index in [0.717, 1.165) is 0 Å². The van der Waals surface area contributed by atoms with Gasteiger partial charge >= 0.3 is 6.18 Å². The van der Waals surface area contributed by atoms with Crippen molar-refractivity contribution >= 4 is 0 Å². The van der Waals surface area contributed by atoms with Gasteiger partial charge in [0.15, 0.2) is 0 Å². The van der Waals surface area contributed by atoms with E-state index in [1.807, 2.05) is 6.92 Å². The van der Waals surface area contributed by atoms with Crippen LogP contribution in [0.2, 0.25) is 0 Å². The lowest BCUT2D eigenvalue weighted by atomic mass is 10.1. The van der Waals surface area contributed by atoms with E-state index in [2.05, 4.69) is 10.4 Å². The fourth-order valence-corrected chi connectivity index (χ4v) is 1.76. The second kappa shape index (κ2) is 5.53. The van der Waals surface area contributed by atoms with Crippen molar-refractivity contribution < 1.29 is 13.2 Å². The molecule has 0 aromatic carbocycles. The summed E-state index contributed by atoms with van der Waals surface area (Å²) in [5.74, 6) is 0. The number of nitrogens with zero attached hydrogens (tertiary/aromatic N) is 2. The van der Waals surface area contributed by atoms with E-state index in [9.17, 15) is 13.2 Å². The van der Waals surface area contributed by atoms with Crippen LogP contribution in [0.5, 0.6) is 0 Å². The van der Waals surface area contributed by atoms with Crippen LogP contribution in [0.3, 0.4) is 0 Å². The van der Waals surface area contributed by atoms with Crippen LogP contribution in [-0.4, -0.2) is 22.5 Å². The topological polar surface area (TPSA) is 29.9 Å². The van der Waals surface area contributed by atoms with Gasteiger partial charge in [0.25, 0.3) is 0 Å². The zero-order valence-electron chi connectivity index (χ0n) is 10.3. The molecule has 0 aliphatic rings. The summed E-state index contributed by atoms with van der Waals surface area (Å²) in [5, 5.41) is 6.58. The molecule has 0 amide bonds. The summed E-state index contributed by atoms with van der Waals surface area (Å²) < 4.78 is 40.3. The lowest BCUT2D eigenvalue weighted by Crippen LogP contribution is -2.35. The molecule has 1 N–H and O–H groups in total. The smallest absolute Gasteiger partial charge is 0.302 e. The Morgan fingerprint density at radius 2 is 2.06 bits per heavy atom. The van der Waals surface area contributed by atoms with Gasteiger partial charge in [-0.15, -0.1) is 0 Å². The minimum atomic E-state index is -4.29. The molecule has 1 aromatic rings. The Morgan fingerprint density at radius 3 is 2.53 bits per heavy atom. The van der Waals surface area contributed by atoms with E-state index in [-0.39, 0.29) is 5.56 Å². The van der Waals surface area contributed by atoms with Gasteiger partial charge in [0.1, 0.15) is 6.04 Å². The molecule has 1 unspecified atom stereocenters. The van der Waals surface area contributed by atoms with E-state index in [1.54, 1.807) is 14.0 Å². The van der Waals surface area contributed by atoms with Gasteiger partial charge < -0.3 is 5.32 Å². The van der Waals surface area contributed by atoms with Crippen LogP contribution < -0.4 is 5.32 Å². The summed E-state index contributed by atoms with van der Waals surface area (Å²) in [4.78, 5) is 0. The lowest BCUT2D eigenvalue weighted by molar-refractivity contribution is -0.157. The fourth-order valence-electron chi connectivity index (χ4n) is 1.76. The van der Waals surface area contributed by atoms with Crippen molar-refractivity contribution in [2.24, 2.45) is 7.05 Å². The highest BCUT2D eigenvalue weighted by atomic mass is 19.4. The van der Waals surface area contributed by atoms with Gasteiger partial charge in [-0.25, -0.2) is 0 Å². The predicted molar refractivity (Wildman–Crippen MR) is 59.7 cm³/mol. The summed E-state index contributed by atoms with van der Waals surface area (Å²) in [6.45, 7) is 3.98. The summed E-state index contributed by atoms with van der Waals surface area (Å²) >= 11 is 0. The van der Waals surface area contributed by atoms with Crippen LogP contribution >= 0.6 is 0 Å². The molecule has 98 valence electrons. The van der Waals surface area contributed by atoms with E-state index >= 15 is 0 Å². The maximum Gasteiger partial charge on any atom is 0.408 e. The molecule has 0 radical (unpaired) electrons. The molecular weight excluding hydrogens is 231 g/mol. The third kappa shape index (κ3) is 3.46. The third-order valence-electron chi connectivity index (χ3n) is 2.51. The number of rotatable bonds is 5. The maximum absolute atomic E-state index is 13.0. The number of hydrogen-bond acceptors (Lipinski definition) is 2. The second-order valence-electron chi connectivity index (χ2n) is 3.99. The number of hydrogen-bond donors (Lipinski definition) is 1. The number of aryl methyl sites for hydroxylation is 2. The van der Waals surface area contributed by atoms with Crippen LogP contribution in [0, 0.1) is 0 Å². The summed E-state index contributed by atoms with van der Waals surface area (Å²) in [5.41, 5.74) is 0.731. The van der Waals surface area contributed by atoms with Gasteiger partial charge in [0, 0.05) is 18.8 Å². The van der Waals surface area contributed by atoms with Crippen LogP contribution in [0.15, 0.2) is 6.20 Å². The number of nitrogens with one attached hydrogen (secondary N) is 1. The molecule has 0 aliphatic carbocycles. The molecule has 3 nitrogen and oxygen atoms in total. The van der Waals surface area contributed by atoms with Gasteiger partial charge in [-0.05, 0) is 19.4 Å². The molecule has 6 heteroatoms. The van der Waals surface area contributed by atoms with E-state index in [4.69, 9.17) is 0 Å². The Morgan fingerprint density at radius 1 is 1.41 bits per heavy atom.